The molecule has 4 aromatic rings. The van der Waals surface area contributed by atoms with Crippen molar-refractivity contribution in [2.75, 3.05) is 5.32 Å². The van der Waals surface area contributed by atoms with Crippen LogP contribution in [0, 0.1) is 20.8 Å². The van der Waals surface area contributed by atoms with E-state index in [0.29, 0.717) is 11.5 Å². The molecule has 6 heteroatoms. The number of hydrogen-bond donors (Lipinski definition) is 1. The summed E-state index contributed by atoms with van der Waals surface area (Å²) in [6.07, 6.45) is 0. The van der Waals surface area contributed by atoms with Crippen LogP contribution >= 0.6 is 15.9 Å². The Morgan fingerprint density at radius 2 is 1.60 bits per heavy atom. The number of nitrogens with one attached hydrogen (secondary N) is 1. The molecule has 0 radical (unpaired) electrons. The predicted octanol–water partition coefficient (Wildman–Crippen LogP) is 5.87. The summed E-state index contributed by atoms with van der Waals surface area (Å²) in [5.41, 5.74) is 5.91. The fourth-order valence-electron chi connectivity index (χ4n) is 3.06. The van der Waals surface area contributed by atoms with Gasteiger partial charge in [-0.3, -0.25) is 4.79 Å². The molecule has 0 aliphatic rings. The van der Waals surface area contributed by atoms with E-state index in [1.165, 1.54) is 5.56 Å². The Kier molecular flexibility index (Phi) is 5.50. The van der Waals surface area contributed by atoms with Gasteiger partial charge in [0.25, 0.3) is 5.91 Å². The van der Waals surface area contributed by atoms with E-state index in [0.717, 1.165) is 26.9 Å². The molecule has 0 atom stereocenters. The van der Waals surface area contributed by atoms with E-state index in [4.69, 9.17) is 0 Å². The first-order valence-corrected chi connectivity index (χ1v) is 10.4. The summed E-state index contributed by atoms with van der Waals surface area (Å²) in [6, 6.07) is 21.5. The average molecular weight is 461 g/mol. The van der Waals surface area contributed by atoms with E-state index in [-0.39, 0.29) is 11.7 Å². The molecule has 5 nitrogen and oxygen atoms in total. The third kappa shape index (κ3) is 4.19. The van der Waals surface area contributed by atoms with Crippen molar-refractivity contribution in [1.29, 1.82) is 0 Å². The van der Waals surface area contributed by atoms with Crippen molar-refractivity contribution < 1.29 is 4.79 Å². The van der Waals surface area contributed by atoms with Gasteiger partial charge in [0.15, 0.2) is 5.82 Å². The Bertz CT molecular complexity index is 1210. The molecular weight excluding hydrogens is 440 g/mol. The van der Waals surface area contributed by atoms with Crippen molar-refractivity contribution in [2.24, 2.45) is 0 Å². The van der Waals surface area contributed by atoms with Crippen LogP contribution in [0.15, 0.2) is 71.2 Å². The molecule has 0 spiro atoms. The second-order valence-electron chi connectivity index (χ2n) is 7.27. The molecule has 0 aliphatic carbocycles. The molecule has 30 heavy (non-hydrogen) atoms. The maximum absolute atomic E-state index is 12.8. The standard InChI is InChI=1S/C24H21BrN4O/c1-15-4-11-20(12-5-15)26-24(30)22-27-23(18-7-9-19(25)10-8-18)29(28-22)21-13-6-16(2)17(3)14-21/h4-14H,1-3H3,(H,26,30). The van der Waals surface area contributed by atoms with Gasteiger partial charge in [-0.1, -0.05) is 51.8 Å². The van der Waals surface area contributed by atoms with Crippen LogP contribution in [0.4, 0.5) is 5.69 Å². The highest BCUT2D eigenvalue weighted by molar-refractivity contribution is 9.10. The smallest absolute Gasteiger partial charge is 0.295 e. The number of aryl methyl sites for hydroxylation is 3. The van der Waals surface area contributed by atoms with Gasteiger partial charge in [-0.2, -0.15) is 0 Å². The summed E-state index contributed by atoms with van der Waals surface area (Å²) in [5.74, 6) is 0.381. The Labute approximate surface area is 183 Å². The van der Waals surface area contributed by atoms with Crippen LogP contribution in [0.25, 0.3) is 17.1 Å². The molecule has 150 valence electrons. The second kappa shape index (κ2) is 8.24. The monoisotopic (exact) mass is 460 g/mol. The maximum atomic E-state index is 12.8. The van der Waals surface area contributed by atoms with Crippen molar-refractivity contribution in [1.82, 2.24) is 14.8 Å². The zero-order chi connectivity index (χ0) is 21.3. The van der Waals surface area contributed by atoms with Gasteiger partial charge in [0.05, 0.1) is 5.69 Å². The van der Waals surface area contributed by atoms with Gasteiger partial charge in [0, 0.05) is 15.7 Å². The number of hydrogen-bond acceptors (Lipinski definition) is 3. The molecule has 1 amide bonds. The second-order valence-corrected chi connectivity index (χ2v) is 8.18. The minimum Gasteiger partial charge on any atom is -0.319 e. The van der Waals surface area contributed by atoms with Crippen molar-refractivity contribution in [3.63, 3.8) is 0 Å². The van der Waals surface area contributed by atoms with E-state index < -0.39 is 0 Å². The van der Waals surface area contributed by atoms with Crippen LogP contribution in [-0.4, -0.2) is 20.7 Å². The summed E-state index contributed by atoms with van der Waals surface area (Å²) in [5, 5.41) is 7.42. The number of aromatic nitrogens is 3. The van der Waals surface area contributed by atoms with Gasteiger partial charge in [0.2, 0.25) is 5.82 Å². The fraction of sp³-hybridized carbons (Fsp3) is 0.125. The molecule has 1 N–H and O–H groups in total. The average Bonchev–Trinajstić information content (AvgIpc) is 3.18. The van der Waals surface area contributed by atoms with Crippen LogP contribution in [0.2, 0.25) is 0 Å². The van der Waals surface area contributed by atoms with Gasteiger partial charge in [-0.15, -0.1) is 5.10 Å². The summed E-state index contributed by atoms with van der Waals surface area (Å²) in [7, 11) is 0. The number of rotatable bonds is 4. The van der Waals surface area contributed by atoms with Gasteiger partial charge in [-0.25, -0.2) is 9.67 Å². The molecule has 0 bridgehead atoms. The summed E-state index contributed by atoms with van der Waals surface area (Å²) < 4.78 is 2.69. The first kappa shape index (κ1) is 20.0. The highest BCUT2D eigenvalue weighted by Crippen LogP contribution is 2.24. The topological polar surface area (TPSA) is 59.8 Å². The highest BCUT2D eigenvalue weighted by Gasteiger charge is 2.19. The van der Waals surface area contributed by atoms with Crippen LogP contribution in [0.1, 0.15) is 27.3 Å². The number of amides is 1. The molecule has 0 fully saturated rings. The molecular formula is C24H21BrN4O. The van der Waals surface area contributed by atoms with Gasteiger partial charge >= 0.3 is 0 Å². The van der Waals surface area contributed by atoms with Crippen molar-refractivity contribution >= 4 is 27.5 Å². The van der Waals surface area contributed by atoms with E-state index in [1.807, 2.05) is 73.7 Å². The number of halogens is 1. The minimum absolute atomic E-state index is 0.117. The molecule has 1 aromatic heterocycles. The predicted molar refractivity (Wildman–Crippen MR) is 123 cm³/mol. The lowest BCUT2D eigenvalue weighted by Crippen LogP contribution is -2.14. The van der Waals surface area contributed by atoms with Crippen LogP contribution in [0.3, 0.4) is 0 Å². The van der Waals surface area contributed by atoms with E-state index in [1.54, 1.807) is 4.68 Å². The van der Waals surface area contributed by atoms with E-state index >= 15 is 0 Å². The fourth-order valence-corrected chi connectivity index (χ4v) is 3.32. The zero-order valence-corrected chi connectivity index (χ0v) is 18.6. The number of anilines is 1. The molecule has 4 rings (SSSR count). The number of carbonyl (C=O) groups is 1. The molecule has 0 saturated heterocycles. The van der Waals surface area contributed by atoms with E-state index in [9.17, 15) is 4.79 Å². The summed E-state index contributed by atoms with van der Waals surface area (Å²) >= 11 is 3.46. The third-order valence-electron chi connectivity index (χ3n) is 4.96. The number of nitrogens with zero attached hydrogens (tertiary/aromatic N) is 3. The van der Waals surface area contributed by atoms with E-state index in [2.05, 4.69) is 45.2 Å². The number of benzene rings is 3. The van der Waals surface area contributed by atoms with Crippen LogP contribution < -0.4 is 5.32 Å². The molecule has 1 heterocycles. The Hall–Kier alpha value is -3.25. The molecule has 0 unspecified atom stereocenters. The van der Waals surface area contributed by atoms with Crippen molar-refractivity contribution in [3.05, 3.63) is 93.7 Å². The lowest BCUT2D eigenvalue weighted by atomic mass is 10.1. The van der Waals surface area contributed by atoms with Gasteiger partial charge < -0.3 is 5.32 Å². The first-order chi connectivity index (χ1) is 14.4. The van der Waals surface area contributed by atoms with Crippen molar-refractivity contribution in [3.8, 4) is 17.1 Å². The molecule has 0 saturated carbocycles. The SMILES string of the molecule is Cc1ccc(NC(=O)c2nc(-c3ccc(Br)cc3)n(-c3ccc(C)c(C)c3)n2)cc1. The normalized spacial score (nSPS) is 10.8. The summed E-state index contributed by atoms with van der Waals surface area (Å²) in [6.45, 7) is 6.12. The van der Waals surface area contributed by atoms with Crippen molar-refractivity contribution in [2.45, 2.75) is 20.8 Å². The Balaban J connectivity index is 1.76. The van der Waals surface area contributed by atoms with Gasteiger partial charge in [-0.05, 0) is 68.3 Å². The lowest BCUT2D eigenvalue weighted by Gasteiger charge is -2.08. The van der Waals surface area contributed by atoms with Crippen LogP contribution in [0.5, 0.6) is 0 Å². The highest BCUT2D eigenvalue weighted by atomic mass is 79.9. The van der Waals surface area contributed by atoms with Crippen LogP contribution in [-0.2, 0) is 0 Å². The minimum atomic E-state index is -0.347. The summed E-state index contributed by atoms with van der Waals surface area (Å²) in [4.78, 5) is 17.4. The van der Waals surface area contributed by atoms with Gasteiger partial charge in [0.1, 0.15) is 0 Å². The molecule has 3 aromatic carbocycles. The number of carbonyl (C=O) groups excluding carboxylic acids is 1. The third-order valence-corrected chi connectivity index (χ3v) is 5.49. The Morgan fingerprint density at radius 1 is 0.900 bits per heavy atom. The quantitative estimate of drug-likeness (QED) is 0.413. The lowest BCUT2D eigenvalue weighted by molar-refractivity contribution is 0.101. The maximum Gasteiger partial charge on any atom is 0.295 e. The first-order valence-electron chi connectivity index (χ1n) is 9.59. The largest absolute Gasteiger partial charge is 0.319 e. The Morgan fingerprint density at radius 3 is 2.27 bits per heavy atom. The molecule has 0 aliphatic heterocycles. The zero-order valence-electron chi connectivity index (χ0n) is 17.0.